The first-order valence-corrected chi connectivity index (χ1v) is 3.39. The second-order valence-electron chi connectivity index (χ2n) is 2.25. The van der Waals surface area contributed by atoms with Gasteiger partial charge in [0.25, 0.3) is 0 Å². The number of aryl methyl sites for hydroxylation is 1. The average Bonchev–Trinajstić information content (AvgIpc) is 2.48. The molecular weight excluding hydrogens is 144 g/mol. The van der Waals surface area contributed by atoms with Gasteiger partial charge in [0.1, 0.15) is 6.29 Å². The van der Waals surface area contributed by atoms with E-state index in [1.54, 1.807) is 23.0 Å². The van der Waals surface area contributed by atoms with Crippen LogP contribution in [0.4, 0.5) is 4.32 Å². The number of carbonyl (C=O) groups excluding carboxylic acids is 1. The predicted molar refractivity (Wildman–Crippen MR) is 41.6 cm³/mol. The fraction of sp³-hybridized carbons (Fsp3) is 0.286. The molecule has 11 heavy (non-hydrogen) atoms. The monoisotopic (exact) mass is 152 g/mol. The first-order valence-electron chi connectivity index (χ1n) is 3.39. The molecule has 2 nitrogen and oxygen atoms in total. The molecule has 0 bridgehead atoms. The van der Waals surface area contributed by atoms with Crippen LogP contribution in [0.5, 0.6) is 0 Å². The molecule has 0 atom stereocenters. The van der Waals surface area contributed by atoms with Gasteiger partial charge in [0, 0.05) is 25.4 Å². The summed E-state index contributed by atoms with van der Waals surface area (Å²) in [6.07, 6.45) is 4.72. The van der Waals surface area contributed by atoms with Gasteiger partial charge in [-0.1, -0.05) is 0 Å². The molecule has 0 unspecified atom stereocenters. The summed E-state index contributed by atoms with van der Waals surface area (Å²) >= 11 is 0. The quantitative estimate of drug-likeness (QED) is 0.448. The summed E-state index contributed by atoms with van der Waals surface area (Å²) in [6, 6.07) is 1.66. The van der Waals surface area contributed by atoms with E-state index in [4.69, 9.17) is 0 Å². The Morgan fingerprint density at radius 2 is 2.55 bits per heavy atom. The lowest BCUT2D eigenvalue weighted by molar-refractivity contribution is -0.108. The number of halogens is 1. The third-order valence-electron chi connectivity index (χ3n) is 1.40. The van der Waals surface area contributed by atoms with Crippen molar-refractivity contribution in [3.05, 3.63) is 18.5 Å². The van der Waals surface area contributed by atoms with E-state index in [1.807, 2.05) is 0 Å². The van der Waals surface area contributed by atoms with Crippen molar-refractivity contribution in [2.45, 2.75) is 13.0 Å². The van der Waals surface area contributed by atoms with Crippen LogP contribution >= 0.6 is 0 Å². The van der Waals surface area contributed by atoms with Gasteiger partial charge in [0.2, 0.25) is 0 Å². The number of rotatable bonds is 4. The van der Waals surface area contributed by atoms with Crippen molar-refractivity contribution in [3.63, 3.8) is 0 Å². The molecule has 0 aliphatic heterocycles. The first kappa shape index (κ1) is 8.05. The highest BCUT2D eigenvalue weighted by Crippen LogP contribution is 1.89. The molecule has 1 aromatic rings. The normalized spacial score (nSPS) is 9.55. The smallest absolute Gasteiger partial charge is 0.354 e. The average molecular weight is 152 g/mol. The van der Waals surface area contributed by atoms with Gasteiger partial charge in [0.15, 0.2) is 0 Å². The van der Waals surface area contributed by atoms with Crippen molar-refractivity contribution >= 4 is 19.3 Å². The summed E-state index contributed by atoms with van der Waals surface area (Å²) < 4.78 is 13.6. The number of nitrogens with zero attached hydrogens (tertiary/aromatic N) is 1. The molecule has 57 valence electrons. The Balaban J connectivity index is 2.50. The van der Waals surface area contributed by atoms with Crippen LogP contribution in [0.25, 0.3) is 0 Å². The Hall–Kier alpha value is -1.06. The van der Waals surface area contributed by atoms with Gasteiger partial charge in [-0.25, -0.2) is 0 Å². The number of carbonyl (C=O) groups is 1. The Morgan fingerprint density at radius 1 is 1.73 bits per heavy atom. The van der Waals surface area contributed by atoms with Gasteiger partial charge in [-0.3, -0.25) is 0 Å². The van der Waals surface area contributed by atoms with E-state index in [0.29, 0.717) is 26.0 Å². The Bertz CT molecular complexity index is 236. The second kappa shape index (κ2) is 3.96. The van der Waals surface area contributed by atoms with Gasteiger partial charge in [0.05, 0.1) is 0 Å². The molecule has 0 fully saturated rings. The largest absolute Gasteiger partial charge is 0.393 e. The fourth-order valence-corrected chi connectivity index (χ4v) is 0.865. The van der Waals surface area contributed by atoms with Crippen LogP contribution < -0.4 is 5.46 Å². The Labute approximate surface area is 65.3 Å². The van der Waals surface area contributed by atoms with E-state index >= 15 is 0 Å². The van der Waals surface area contributed by atoms with E-state index in [-0.39, 0.29) is 0 Å². The predicted octanol–water partition coefficient (Wildman–Crippen LogP) is 0.291. The SMILES string of the molecule is O=CCCn1ccc([B]F)c1. The van der Waals surface area contributed by atoms with Crippen LogP contribution in [0.3, 0.4) is 0 Å². The van der Waals surface area contributed by atoms with Crippen LogP contribution in [0.2, 0.25) is 0 Å². The minimum atomic E-state index is 0.473. The molecular formula is C7H8BFNO. The van der Waals surface area contributed by atoms with E-state index < -0.39 is 0 Å². The summed E-state index contributed by atoms with van der Waals surface area (Å²) in [4.78, 5) is 9.96. The molecule has 4 heteroatoms. The molecule has 1 aromatic heterocycles. The lowest BCUT2D eigenvalue weighted by atomic mass is 9.95. The number of aromatic nitrogens is 1. The van der Waals surface area contributed by atoms with Crippen LogP contribution in [0, 0.1) is 0 Å². The van der Waals surface area contributed by atoms with Crippen molar-refractivity contribution in [1.82, 2.24) is 4.57 Å². The van der Waals surface area contributed by atoms with Crippen LogP contribution in [0.1, 0.15) is 6.42 Å². The second-order valence-corrected chi connectivity index (χ2v) is 2.25. The fourth-order valence-electron chi connectivity index (χ4n) is 0.865. The third-order valence-corrected chi connectivity index (χ3v) is 1.40. The molecule has 1 rings (SSSR count). The van der Waals surface area contributed by atoms with Crippen molar-refractivity contribution in [3.8, 4) is 0 Å². The van der Waals surface area contributed by atoms with E-state index in [9.17, 15) is 9.11 Å². The molecule has 0 aromatic carbocycles. The van der Waals surface area contributed by atoms with Crippen molar-refractivity contribution in [2.75, 3.05) is 0 Å². The highest BCUT2D eigenvalue weighted by molar-refractivity contribution is 6.46. The molecule has 0 amide bonds. The lowest BCUT2D eigenvalue weighted by Crippen LogP contribution is -2.06. The first-order chi connectivity index (χ1) is 5.36. The maximum absolute atomic E-state index is 11.9. The van der Waals surface area contributed by atoms with E-state index in [0.717, 1.165) is 6.29 Å². The molecule has 0 saturated heterocycles. The summed E-state index contributed by atoms with van der Waals surface area (Å²) in [5.74, 6) is 0. The van der Waals surface area contributed by atoms with Gasteiger partial charge in [-0.15, -0.1) is 0 Å². The van der Waals surface area contributed by atoms with Gasteiger partial charge < -0.3 is 13.7 Å². The third kappa shape index (κ3) is 2.22. The molecule has 1 heterocycles. The zero-order chi connectivity index (χ0) is 8.10. The Kier molecular flexibility index (Phi) is 2.89. The summed E-state index contributed by atoms with van der Waals surface area (Å²) in [7, 11) is 0.539. The molecule has 0 spiro atoms. The minimum absolute atomic E-state index is 0.473. The highest BCUT2D eigenvalue weighted by Gasteiger charge is 1.96. The molecule has 0 aliphatic rings. The number of aldehydes is 1. The number of hydrogen-bond acceptors (Lipinski definition) is 1. The Morgan fingerprint density at radius 3 is 3.09 bits per heavy atom. The van der Waals surface area contributed by atoms with Gasteiger partial charge in [-0.2, -0.15) is 0 Å². The van der Waals surface area contributed by atoms with Crippen molar-refractivity contribution in [1.29, 1.82) is 0 Å². The van der Waals surface area contributed by atoms with E-state index in [1.165, 1.54) is 0 Å². The zero-order valence-corrected chi connectivity index (χ0v) is 6.03. The van der Waals surface area contributed by atoms with Crippen LogP contribution in [-0.4, -0.2) is 18.4 Å². The van der Waals surface area contributed by atoms with Gasteiger partial charge in [-0.05, 0) is 11.5 Å². The molecule has 1 radical (unpaired) electrons. The highest BCUT2D eigenvalue weighted by atomic mass is 19.1. The summed E-state index contributed by atoms with van der Waals surface area (Å²) in [6.45, 7) is 0.622. The van der Waals surface area contributed by atoms with Crippen molar-refractivity contribution < 1.29 is 9.11 Å². The standard InChI is InChI=1S/C7H8BFNO/c9-8-7-2-4-10(6-7)3-1-5-11/h2,4-6H,1,3H2. The summed E-state index contributed by atoms with van der Waals surface area (Å²) in [5.41, 5.74) is 0.538. The van der Waals surface area contributed by atoms with Crippen LogP contribution in [0.15, 0.2) is 18.5 Å². The van der Waals surface area contributed by atoms with Crippen LogP contribution in [-0.2, 0) is 11.3 Å². The molecule has 0 aliphatic carbocycles. The maximum Gasteiger partial charge on any atom is 0.393 e. The zero-order valence-electron chi connectivity index (χ0n) is 6.03. The summed E-state index contributed by atoms with van der Waals surface area (Å²) in [5, 5.41) is 0. The maximum atomic E-state index is 11.9. The minimum Gasteiger partial charge on any atom is -0.354 e. The lowest BCUT2D eigenvalue weighted by Gasteiger charge is -1.95. The number of hydrogen-bond donors (Lipinski definition) is 0. The molecule has 0 saturated carbocycles. The topological polar surface area (TPSA) is 22.0 Å². The van der Waals surface area contributed by atoms with Gasteiger partial charge >= 0.3 is 7.56 Å². The van der Waals surface area contributed by atoms with E-state index in [2.05, 4.69) is 0 Å². The molecule has 0 N–H and O–H groups in total. The van der Waals surface area contributed by atoms with Crippen molar-refractivity contribution in [2.24, 2.45) is 0 Å².